The molecule has 1 unspecified atom stereocenters. The molecule has 0 bridgehead atoms. The molecule has 0 spiro atoms. The van der Waals surface area contributed by atoms with E-state index < -0.39 is 0 Å². The molecule has 0 saturated heterocycles. The van der Waals surface area contributed by atoms with Gasteiger partial charge in [0, 0.05) is 31.0 Å². The van der Waals surface area contributed by atoms with E-state index in [0.29, 0.717) is 13.2 Å². The van der Waals surface area contributed by atoms with Gasteiger partial charge in [0.2, 0.25) is 0 Å². The third kappa shape index (κ3) is 6.75. The molecule has 0 fully saturated rings. The Labute approximate surface area is 189 Å². The van der Waals surface area contributed by atoms with E-state index in [2.05, 4.69) is 71.2 Å². The number of methoxy groups -OCH3 is 1. The molecular formula is C28H41NO2. The van der Waals surface area contributed by atoms with Gasteiger partial charge in [-0.15, -0.1) is 0 Å². The van der Waals surface area contributed by atoms with E-state index in [1.807, 2.05) is 0 Å². The summed E-state index contributed by atoms with van der Waals surface area (Å²) in [6.07, 6.45) is 10.6. The van der Waals surface area contributed by atoms with E-state index in [1.54, 1.807) is 7.11 Å². The van der Waals surface area contributed by atoms with Crippen LogP contribution >= 0.6 is 0 Å². The first-order valence-electron chi connectivity index (χ1n) is 12.0. The maximum Gasteiger partial charge on any atom is 0.0845 e. The van der Waals surface area contributed by atoms with Crippen molar-refractivity contribution in [2.75, 3.05) is 20.3 Å². The third-order valence-electron chi connectivity index (χ3n) is 5.75. The highest BCUT2D eigenvalue weighted by atomic mass is 16.5. The molecule has 3 nitrogen and oxygen atoms in total. The van der Waals surface area contributed by atoms with Crippen LogP contribution in [0.25, 0.3) is 17.3 Å². The predicted octanol–water partition coefficient (Wildman–Crippen LogP) is 7.58. The topological polar surface area (TPSA) is 31.4 Å². The molecule has 0 aliphatic heterocycles. The lowest BCUT2D eigenvalue weighted by Gasteiger charge is -2.21. The van der Waals surface area contributed by atoms with Gasteiger partial charge in [0.25, 0.3) is 0 Å². The molecule has 0 N–H and O–H groups in total. The Morgan fingerprint density at radius 2 is 1.74 bits per heavy atom. The van der Waals surface area contributed by atoms with Crippen LogP contribution in [0.1, 0.15) is 88.7 Å². The largest absolute Gasteiger partial charge is 0.380 e. The van der Waals surface area contributed by atoms with Crippen LogP contribution in [0.2, 0.25) is 0 Å². The summed E-state index contributed by atoms with van der Waals surface area (Å²) in [4.78, 5) is 4.97. The van der Waals surface area contributed by atoms with Crippen LogP contribution in [0.5, 0.6) is 0 Å². The van der Waals surface area contributed by atoms with Crippen LogP contribution in [0.3, 0.4) is 0 Å². The van der Waals surface area contributed by atoms with Gasteiger partial charge in [0.15, 0.2) is 0 Å². The second-order valence-corrected chi connectivity index (χ2v) is 8.08. The predicted molar refractivity (Wildman–Crippen MR) is 132 cm³/mol. The van der Waals surface area contributed by atoms with Crippen molar-refractivity contribution in [2.24, 2.45) is 0 Å². The molecule has 0 aliphatic carbocycles. The highest BCUT2D eigenvalue weighted by Gasteiger charge is 2.18. The van der Waals surface area contributed by atoms with Crippen molar-refractivity contribution in [1.29, 1.82) is 0 Å². The van der Waals surface area contributed by atoms with Gasteiger partial charge in [-0.25, -0.2) is 0 Å². The molecule has 170 valence electrons. The Kier molecular flexibility index (Phi) is 11.0. The van der Waals surface area contributed by atoms with Crippen molar-refractivity contribution in [3.63, 3.8) is 0 Å². The lowest BCUT2D eigenvalue weighted by atomic mass is 9.92. The Hall–Kier alpha value is -1.97. The first-order chi connectivity index (χ1) is 15.1. The van der Waals surface area contributed by atoms with Gasteiger partial charge in [-0.2, -0.15) is 0 Å². The summed E-state index contributed by atoms with van der Waals surface area (Å²) in [5.41, 5.74) is 8.78. The zero-order valence-corrected chi connectivity index (χ0v) is 20.5. The van der Waals surface area contributed by atoms with Gasteiger partial charge in [-0.3, -0.25) is 4.98 Å². The average molecular weight is 424 g/mol. The summed E-state index contributed by atoms with van der Waals surface area (Å²) in [6, 6.07) is 8.90. The Bertz CT molecular complexity index is 805. The second kappa shape index (κ2) is 13.4. The molecule has 1 aromatic heterocycles. The molecule has 1 atom stereocenters. The molecule has 3 heteroatoms. The minimum absolute atomic E-state index is 0.0697. The normalized spacial score (nSPS) is 12.9. The summed E-state index contributed by atoms with van der Waals surface area (Å²) in [7, 11) is 1.77. The van der Waals surface area contributed by atoms with Gasteiger partial charge in [-0.05, 0) is 60.9 Å². The summed E-state index contributed by atoms with van der Waals surface area (Å²) in [6.45, 7) is 12.3. The van der Waals surface area contributed by atoms with Crippen LogP contribution in [-0.2, 0) is 22.3 Å². The van der Waals surface area contributed by atoms with Gasteiger partial charge < -0.3 is 9.47 Å². The van der Waals surface area contributed by atoms with E-state index in [9.17, 15) is 0 Å². The quantitative estimate of drug-likeness (QED) is 0.333. The first-order valence-corrected chi connectivity index (χ1v) is 12.0. The molecule has 1 heterocycles. The standard InChI is InChI=1S/C28H41NO2/c1-7-13-21(20-30-6)17-24-18-26(28-22(9-3)15-12-16-23(28)10-4)29-19-25(24)27(14-8-2)31-11-5/h12,15-19,27H,7-11,13-14,20H2,1-6H3. The minimum atomic E-state index is 0.0697. The van der Waals surface area contributed by atoms with Crippen LogP contribution in [0.15, 0.2) is 36.0 Å². The lowest BCUT2D eigenvalue weighted by Crippen LogP contribution is -2.08. The summed E-state index contributed by atoms with van der Waals surface area (Å²) < 4.78 is 11.6. The SMILES string of the molecule is CCCC(=Cc1cc(-c2c(CC)cccc2CC)ncc1C(CCC)OCC)COC. The fourth-order valence-corrected chi connectivity index (χ4v) is 4.29. The smallest absolute Gasteiger partial charge is 0.0845 e. The summed E-state index contributed by atoms with van der Waals surface area (Å²) in [5.74, 6) is 0. The lowest BCUT2D eigenvalue weighted by molar-refractivity contribution is 0.0553. The second-order valence-electron chi connectivity index (χ2n) is 8.08. The van der Waals surface area contributed by atoms with Crippen LogP contribution in [0, 0.1) is 0 Å². The van der Waals surface area contributed by atoms with Crippen LogP contribution in [-0.4, -0.2) is 25.3 Å². The summed E-state index contributed by atoms with van der Waals surface area (Å²) in [5, 5.41) is 0. The van der Waals surface area contributed by atoms with Crippen molar-refractivity contribution in [3.05, 3.63) is 58.3 Å². The minimum Gasteiger partial charge on any atom is -0.380 e. The fourth-order valence-electron chi connectivity index (χ4n) is 4.29. The van der Waals surface area contributed by atoms with Crippen molar-refractivity contribution in [3.8, 4) is 11.3 Å². The molecule has 2 aromatic rings. The molecule has 0 radical (unpaired) electrons. The molecular weight excluding hydrogens is 382 g/mol. The van der Waals surface area contributed by atoms with Crippen LogP contribution < -0.4 is 0 Å². The number of rotatable bonds is 13. The highest BCUT2D eigenvalue weighted by molar-refractivity contribution is 5.72. The number of hydrogen-bond acceptors (Lipinski definition) is 3. The number of aromatic nitrogens is 1. The van der Waals surface area contributed by atoms with Gasteiger partial charge in [0.1, 0.15) is 0 Å². The highest BCUT2D eigenvalue weighted by Crippen LogP contribution is 2.33. The van der Waals surface area contributed by atoms with Gasteiger partial charge >= 0.3 is 0 Å². The van der Waals surface area contributed by atoms with Crippen molar-refractivity contribution in [2.45, 2.75) is 79.2 Å². The number of nitrogens with zero attached hydrogens (tertiary/aromatic N) is 1. The maximum atomic E-state index is 6.15. The molecule has 0 amide bonds. The zero-order chi connectivity index (χ0) is 22.6. The number of pyridine rings is 1. The van der Waals surface area contributed by atoms with E-state index in [1.165, 1.54) is 33.4 Å². The molecule has 2 rings (SSSR count). The molecule has 0 aliphatic rings. The molecule has 31 heavy (non-hydrogen) atoms. The van der Waals surface area contributed by atoms with E-state index >= 15 is 0 Å². The number of ether oxygens (including phenoxy) is 2. The Morgan fingerprint density at radius 1 is 1.03 bits per heavy atom. The van der Waals surface area contributed by atoms with Crippen LogP contribution in [0.4, 0.5) is 0 Å². The molecule has 0 saturated carbocycles. The monoisotopic (exact) mass is 423 g/mol. The van der Waals surface area contributed by atoms with Gasteiger partial charge in [0.05, 0.1) is 18.4 Å². The Balaban J connectivity index is 2.69. The van der Waals surface area contributed by atoms with Gasteiger partial charge in [-0.1, -0.05) is 64.8 Å². The van der Waals surface area contributed by atoms with Crippen molar-refractivity contribution in [1.82, 2.24) is 4.98 Å². The zero-order valence-electron chi connectivity index (χ0n) is 20.5. The Morgan fingerprint density at radius 3 is 2.29 bits per heavy atom. The van der Waals surface area contributed by atoms with E-state index in [0.717, 1.165) is 44.2 Å². The third-order valence-corrected chi connectivity index (χ3v) is 5.75. The van der Waals surface area contributed by atoms with E-state index in [4.69, 9.17) is 14.5 Å². The molecule has 1 aromatic carbocycles. The van der Waals surface area contributed by atoms with Crippen molar-refractivity contribution < 1.29 is 9.47 Å². The van der Waals surface area contributed by atoms with Crippen molar-refractivity contribution >= 4 is 6.08 Å². The number of aryl methyl sites for hydroxylation is 2. The maximum absolute atomic E-state index is 6.15. The summed E-state index contributed by atoms with van der Waals surface area (Å²) >= 11 is 0. The first kappa shape index (κ1) is 25.3. The van der Waals surface area contributed by atoms with E-state index in [-0.39, 0.29) is 6.10 Å². The number of hydrogen-bond donors (Lipinski definition) is 0. The number of benzene rings is 1. The average Bonchev–Trinajstić information content (AvgIpc) is 2.78. The fraction of sp³-hybridized carbons (Fsp3) is 0.536.